The van der Waals surface area contributed by atoms with Gasteiger partial charge in [0, 0.05) is 28.0 Å². The van der Waals surface area contributed by atoms with Crippen LogP contribution in [0.1, 0.15) is 46.4 Å². The molecule has 11 heteroatoms. The Bertz CT molecular complexity index is 1260. The number of nitrogens with two attached hydrogens (primary N) is 1. The normalized spacial score (nSPS) is 16.5. The highest BCUT2D eigenvalue weighted by atomic mass is 127. The number of carbonyl (C=O) groups is 2. The van der Waals surface area contributed by atoms with Crippen LogP contribution < -0.4 is 16.4 Å². The molecule has 2 amide bonds. The first-order valence-electron chi connectivity index (χ1n) is 10.8. The quantitative estimate of drug-likeness (QED) is 0.325. The zero-order chi connectivity index (χ0) is 25.1. The van der Waals surface area contributed by atoms with Gasteiger partial charge in [0.2, 0.25) is 5.91 Å². The van der Waals surface area contributed by atoms with Gasteiger partial charge in [-0.1, -0.05) is 6.07 Å². The van der Waals surface area contributed by atoms with Crippen LogP contribution in [0.15, 0.2) is 42.6 Å². The summed E-state index contributed by atoms with van der Waals surface area (Å²) in [6, 6.07) is 7.15. The van der Waals surface area contributed by atoms with Crippen LogP contribution in [0.5, 0.6) is 0 Å². The Labute approximate surface area is 213 Å². The number of rotatable bonds is 6. The van der Waals surface area contributed by atoms with Gasteiger partial charge >= 0.3 is 0 Å². The topological polar surface area (TPSA) is 130 Å². The van der Waals surface area contributed by atoms with Gasteiger partial charge in [-0.3, -0.25) is 9.59 Å². The zero-order valence-corrected chi connectivity index (χ0v) is 20.6. The van der Waals surface area contributed by atoms with Crippen molar-refractivity contribution in [3.05, 3.63) is 74.6 Å². The lowest BCUT2D eigenvalue weighted by Crippen LogP contribution is -2.34. The molecule has 1 aliphatic heterocycles. The largest absolute Gasteiger partial charge is 0.394 e. The summed E-state index contributed by atoms with van der Waals surface area (Å²) in [4.78, 5) is 32.9. The maximum atomic E-state index is 15.0. The molecule has 5 N–H and O–H groups in total. The molecule has 0 aliphatic carbocycles. The minimum Gasteiger partial charge on any atom is -0.394 e. The number of hydrogen-bond donors (Lipinski definition) is 4. The molecule has 1 saturated heterocycles. The molecule has 1 aromatic heterocycles. The van der Waals surface area contributed by atoms with Crippen LogP contribution in [-0.2, 0) is 4.79 Å². The van der Waals surface area contributed by atoms with Crippen molar-refractivity contribution in [1.29, 1.82) is 0 Å². The van der Waals surface area contributed by atoms with Gasteiger partial charge in [0.05, 0.1) is 30.1 Å². The fourth-order valence-corrected chi connectivity index (χ4v) is 4.56. The summed E-state index contributed by atoms with van der Waals surface area (Å²) in [6.45, 7) is -0.0633. The predicted octanol–water partition coefficient (Wildman–Crippen LogP) is 3.07. The van der Waals surface area contributed by atoms with Crippen molar-refractivity contribution in [1.82, 2.24) is 20.6 Å². The molecule has 0 unspecified atom stereocenters. The molecular weight excluding hydrogens is 571 g/mol. The van der Waals surface area contributed by atoms with Gasteiger partial charge < -0.3 is 21.5 Å². The molecule has 1 fully saturated rings. The number of carbonyl (C=O) groups excluding carboxylic acids is 2. The third kappa shape index (κ3) is 5.73. The number of halogens is 3. The van der Waals surface area contributed by atoms with E-state index in [1.165, 1.54) is 24.3 Å². The molecule has 0 radical (unpaired) electrons. The molecule has 1 aliphatic rings. The molecule has 0 bridgehead atoms. The summed E-state index contributed by atoms with van der Waals surface area (Å²) in [5.74, 6) is -2.04. The Balaban J connectivity index is 1.56. The summed E-state index contributed by atoms with van der Waals surface area (Å²) in [6.07, 6.45) is 2.55. The number of aliphatic hydroxyl groups excluding tert-OH is 1. The Hall–Kier alpha value is -3.19. The molecule has 3 aromatic rings. The lowest BCUT2D eigenvalue weighted by Gasteiger charge is -2.22. The van der Waals surface area contributed by atoms with E-state index in [1.807, 2.05) is 22.6 Å². The van der Waals surface area contributed by atoms with Crippen LogP contribution in [0.25, 0.3) is 11.3 Å². The fourth-order valence-electron chi connectivity index (χ4n) is 3.90. The van der Waals surface area contributed by atoms with Gasteiger partial charge in [-0.2, -0.15) is 0 Å². The Kier molecular flexibility index (Phi) is 7.55. The van der Waals surface area contributed by atoms with Crippen LogP contribution in [0.3, 0.4) is 0 Å². The maximum absolute atomic E-state index is 15.0. The van der Waals surface area contributed by atoms with Crippen LogP contribution in [0.4, 0.5) is 14.6 Å². The molecule has 2 heterocycles. The van der Waals surface area contributed by atoms with E-state index in [4.69, 9.17) is 5.73 Å². The van der Waals surface area contributed by atoms with Gasteiger partial charge in [0.25, 0.3) is 5.91 Å². The summed E-state index contributed by atoms with van der Waals surface area (Å²) in [7, 11) is 0. The first kappa shape index (κ1) is 24.9. The van der Waals surface area contributed by atoms with E-state index < -0.39 is 30.2 Å². The molecule has 182 valence electrons. The number of amides is 2. The third-order valence-corrected chi connectivity index (χ3v) is 6.39. The number of hydrogen-bond acceptors (Lipinski definition) is 6. The Morgan fingerprint density at radius 1 is 1.29 bits per heavy atom. The number of nitrogens with zero attached hydrogens (tertiary/aromatic N) is 2. The van der Waals surface area contributed by atoms with Crippen LogP contribution >= 0.6 is 22.6 Å². The number of nitrogen functional groups attached to an aromatic ring is 1. The van der Waals surface area contributed by atoms with Crippen LogP contribution in [0.2, 0.25) is 0 Å². The number of anilines is 1. The summed E-state index contributed by atoms with van der Waals surface area (Å²) in [5, 5.41) is 15.0. The molecular formula is C24H22F2IN5O3. The Morgan fingerprint density at radius 2 is 2.09 bits per heavy atom. The second-order valence-electron chi connectivity index (χ2n) is 8.17. The highest BCUT2D eigenvalue weighted by Crippen LogP contribution is 2.29. The van der Waals surface area contributed by atoms with Gasteiger partial charge in [-0.15, -0.1) is 0 Å². The van der Waals surface area contributed by atoms with Crippen molar-refractivity contribution in [3.8, 4) is 11.3 Å². The van der Waals surface area contributed by atoms with Gasteiger partial charge in [0.15, 0.2) is 0 Å². The predicted molar refractivity (Wildman–Crippen MR) is 133 cm³/mol. The van der Waals surface area contributed by atoms with E-state index in [2.05, 4.69) is 20.6 Å². The maximum Gasteiger partial charge on any atom is 0.254 e. The average Bonchev–Trinajstić information content (AvgIpc) is 2.82. The minimum atomic E-state index is -0.917. The van der Waals surface area contributed by atoms with E-state index in [1.54, 1.807) is 12.3 Å². The van der Waals surface area contributed by atoms with Crippen molar-refractivity contribution in [2.24, 2.45) is 0 Å². The molecule has 2 atom stereocenters. The first-order chi connectivity index (χ1) is 16.7. The molecule has 2 aromatic carbocycles. The molecule has 35 heavy (non-hydrogen) atoms. The van der Waals surface area contributed by atoms with Crippen molar-refractivity contribution in [2.75, 3.05) is 18.9 Å². The van der Waals surface area contributed by atoms with Crippen LogP contribution in [0, 0.1) is 15.2 Å². The number of nitrogens with one attached hydrogen (secondary N) is 2. The lowest BCUT2D eigenvalue weighted by atomic mass is 9.96. The third-order valence-electron chi connectivity index (χ3n) is 5.77. The van der Waals surface area contributed by atoms with Gasteiger partial charge in [0.1, 0.15) is 23.1 Å². The number of benzene rings is 2. The standard InChI is InChI=1S/C24H22F2IN5O3/c25-15-5-14(6-16(27)8-15)20(11-33)32-24(35)17-3-1-12(7-18(17)26)22-23(28)30-10-19(31-22)13-2-4-21(34)29-9-13/h1,3,5-8,10,13,20,33H,2,4,9,11H2,(H2,28,30)(H,29,34)(H,32,35)/t13-,20-/m1/s1. The van der Waals surface area contributed by atoms with E-state index >= 15 is 0 Å². The smallest absolute Gasteiger partial charge is 0.254 e. The monoisotopic (exact) mass is 593 g/mol. The highest BCUT2D eigenvalue weighted by Gasteiger charge is 2.23. The molecule has 4 rings (SSSR count). The summed E-state index contributed by atoms with van der Waals surface area (Å²) < 4.78 is 29.3. The van der Waals surface area contributed by atoms with Crippen molar-refractivity contribution in [2.45, 2.75) is 24.8 Å². The Morgan fingerprint density at radius 3 is 2.74 bits per heavy atom. The summed E-state index contributed by atoms with van der Waals surface area (Å²) >= 11 is 1.93. The fraction of sp³-hybridized carbons (Fsp3) is 0.250. The SMILES string of the molecule is Nc1ncc([C@@H]2CCC(=O)NC2)nc1-c1ccc(C(=O)N[C@H](CO)c2cc(F)cc(I)c2)c(F)c1. The lowest BCUT2D eigenvalue weighted by molar-refractivity contribution is -0.122. The van der Waals surface area contributed by atoms with E-state index in [-0.39, 0.29) is 28.9 Å². The molecule has 0 saturated carbocycles. The van der Waals surface area contributed by atoms with E-state index in [0.717, 1.165) is 6.07 Å². The average molecular weight is 593 g/mol. The number of aliphatic hydroxyl groups is 1. The van der Waals surface area contributed by atoms with E-state index in [0.29, 0.717) is 39.8 Å². The van der Waals surface area contributed by atoms with Crippen molar-refractivity contribution >= 4 is 40.2 Å². The van der Waals surface area contributed by atoms with Gasteiger partial charge in [-0.05, 0) is 64.9 Å². The second-order valence-corrected chi connectivity index (χ2v) is 9.42. The van der Waals surface area contributed by atoms with Crippen molar-refractivity contribution < 1.29 is 23.5 Å². The number of piperidine rings is 1. The van der Waals surface area contributed by atoms with Crippen molar-refractivity contribution in [3.63, 3.8) is 0 Å². The number of aromatic nitrogens is 2. The first-order valence-corrected chi connectivity index (χ1v) is 11.9. The zero-order valence-electron chi connectivity index (χ0n) is 18.4. The summed E-state index contributed by atoms with van der Waals surface area (Å²) in [5.41, 5.74) is 7.34. The molecule has 0 spiro atoms. The highest BCUT2D eigenvalue weighted by molar-refractivity contribution is 14.1. The minimum absolute atomic E-state index is 0.0172. The van der Waals surface area contributed by atoms with Gasteiger partial charge in [-0.25, -0.2) is 18.7 Å². The van der Waals surface area contributed by atoms with E-state index in [9.17, 15) is 23.5 Å². The van der Waals surface area contributed by atoms with Crippen LogP contribution in [-0.4, -0.2) is 40.0 Å². The molecule has 8 nitrogen and oxygen atoms in total. The second kappa shape index (κ2) is 10.6.